The molecule has 0 saturated carbocycles. The Kier molecular flexibility index (Phi) is 3.13. The molecule has 0 unspecified atom stereocenters. The van der Waals surface area contributed by atoms with E-state index in [-0.39, 0.29) is 5.75 Å². The monoisotopic (exact) mass is 269 g/mol. The molecule has 0 fully saturated rings. The zero-order chi connectivity index (χ0) is 13.3. The fraction of sp³-hybridized carbons (Fsp3) is 0.167. The van der Waals surface area contributed by atoms with Gasteiger partial charge in [-0.1, -0.05) is 28.2 Å². The quantitative estimate of drug-likeness (QED) is 0.803. The third-order valence-electron chi connectivity index (χ3n) is 2.53. The third kappa shape index (κ3) is 2.53. The molecule has 0 amide bonds. The maximum atomic E-state index is 12.6. The van der Waals surface area contributed by atoms with Crippen molar-refractivity contribution in [2.75, 3.05) is 19.0 Å². The van der Waals surface area contributed by atoms with Gasteiger partial charge >= 0.3 is 10.5 Å². The van der Waals surface area contributed by atoms with Crippen molar-refractivity contribution in [3.8, 4) is 5.75 Å². The van der Waals surface area contributed by atoms with Crippen LogP contribution in [0.1, 0.15) is 0 Å². The van der Waals surface area contributed by atoms with Crippen molar-refractivity contribution in [1.82, 2.24) is 0 Å². The largest absolute Gasteiger partial charge is 0.488 e. The minimum Gasteiger partial charge on any atom is -0.377 e. The van der Waals surface area contributed by atoms with E-state index in [4.69, 9.17) is 0 Å². The lowest BCUT2D eigenvalue weighted by molar-refractivity contribution is 0.442. The van der Waals surface area contributed by atoms with Gasteiger partial charge in [-0.05, 0) is 12.1 Å². The molecule has 6 heteroatoms. The van der Waals surface area contributed by atoms with E-state index < -0.39 is 10.5 Å². The average molecular weight is 269 g/mol. The molecule has 2 aromatic carbocycles. The topological polar surface area (TPSA) is 46.6 Å². The first-order chi connectivity index (χ1) is 8.38. The van der Waals surface area contributed by atoms with Crippen LogP contribution in [0.5, 0.6) is 5.75 Å². The first kappa shape index (κ1) is 12.6. The summed E-state index contributed by atoms with van der Waals surface area (Å²) in [5.74, 6) is -0.0151. The molecule has 0 spiro atoms. The van der Waals surface area contributed by atoms with Gasteiger partial charge in [-0.3, -0.25) is 0 Å². The summed E-state index contributed by atoms with van der Waals surface area (Å²) < 4.78 is 38.1. The van der Waals surface area contributed by atoms with Crippen LogP contribution in [0.3, 0.4) is 0 Å². The average Bonchev–Trinajstić information content (AvgIpc) is 2.27. The van der Waals surface area contributed by atoms with Crippen LogP contribution in [-0.2, 0) is 10.5 Å². The Bertz CT molecular complexity index is 683. The molecule has 0 saturated heterocycles. The summed E-state index contributed by atoms with van der Waals surface area (Å²) in [6, 6.07) is 10.2. The van der Waals surface area contributed by atoms with Crippen LogP contribution in [0.4, 0.5) is 9.57 Å². The van der Waals surface area contributed by atoms with Gasteiger partial charge in [0.15, 0.2) is 5.75 Å². The summed E-state index contributed by atoms with van der Waals surface area (Å²) in [6.45, 7) is 0. The lowest BCUT2D eigenvalue weighted by atomic mass is 10.1. The first-order valence-electron chi connectivity index (χ1n) is 5.21. The number of fused-ring (bicyclic) bond motifs is 1. The Morgan fingerprint density at radius 2 is 1.67 bits per heavy atom. The molecule has 2 rings (SSSR count). The molecule has 4 nitrogen and oxygen atoms in total. The zero-order valence-electron chi connectivity index (χ0n) is 9.92. The van der Waals surface area contributed by atoms with Gasteiger partial charge in [0, 0.05) is 30.6 Å². The Labute approximate surface area is 105 Å². The SMILES string of the molecule is CN(C)c1ccc(OS(=O)(=O)F)c2ccccc12. The summed E-state index contributed by atoms with van der Waals surface area (Å²) in [5, 5.41) is 1.34. The van der Waals surface area contributed by atoms with Crippen LogP contribution in [0, 0.1) is 0 Å². The fourth-order valence-electron chi connectivity index (χ4n) is 1.83. The van der Waals surface area contributed by atoms with E-state index >= 15 is 0 Å². The molecular weight excluding hydrogens is 257 g/mol. The Morgan fingerprint density at radius 3 is 2.22 bits per heavy atom. The highest BCUT2D eigenvalue weighted by molar-refractivity contribution is 7.81. The van der Waals surface area contributed by atoms with Gasteiger partial charge < -0.3 is 9.08 Å². The van der Waals surface area contributed by atoms with Crippen LogP contribution in [0.15, 0.2) is 36.4 Å². The molecule has 0 aliphatic heterocycles. The Morgan fingerprint density at radius 1 is 1.06 bits per heavy atom. The van der Waals surface area contributed by atoms with E-state index in [1.807, 2.05) is 31.1 Å². The van der Waals surface area contributed by atoms with Gasteiger partial charge in [-0.25, -0.2) is 0 Å². The van der Waals surface area contributed by atoms with Gasteiger partial charge in [0.1, 0.15) is 0 Å². The predicted molar refractivity (Wildman–Crippen MR) is 68.9 cm³/mol. The molecule has 0 bridgehead atoms. The van der Waals surface area contributed by atoms with Crippen LogP contribution >= 0.6 is 0 Å². The Balaban J connectivity index is 2.68. The third-order valence-corrected chi connectivity index (χ3v) is 2.91. The molecule has 0 radical (unpaired) electrons. The van der Waals surface area contributed by atoms with Crippen molar-refractivity contribution in [2.24, 2.45) is 0 Å². The van der Waals surface area contributed by atoms with Gasteiger partial charge in [0.05, 0.1) is 0 Å². The van der Waals surface area contributed by atoms with Gasteiger partial charge in [0.2, 0.25) is 0 Å². The van der Waals surface area contributed by atoms with Crippen molar-refractivity contribution in [2.45, 2.75) is 0 Å². The second kappa shape index (κ2) is 4.45. The number of nitrogens with zero attached hydrogens (tertiary/aromatic N) is 1. The van der Waals surface area contributed by atoms with Gasteiger partial charge in [-0.15, -0.1) is 0 Å². The van der Waals surface area contributed by atoms with Gasteiger partial charge in [0.25, 0.3) is 0 Å². The van der Waals surface area contributed by atoms with Crippen LogP contribution in [-0.4, -0.2) is 22.5 Å². The molecule has 0 heterocycles. The number of hydrogen-bond acceptors (Lipinski definition) is 4. The highest BCUT2D eigenvalue weighted by Crippen LogP contribution is 2.33. The van der Waals surface area contributed by atoms with Crippen molar-refractivity contribution in [3.05, 3.63) is 36.4 Å². The second-order valence-electron chi connectivity index (χ2n) is 4.00. The molecule has 0 atom stereocenters. The molecule has 18 heavy (non-hydrogen) atoms. The number of hydrogen-bond donors (Lipinski definition) is 0. The molecule has 0 aromatic heterocycles. The smallest absolute Gasteiger partial charge is 0.377 e. The van der Waals surface area contributed by atoms with E-state index in [2.05, 4.69) is 4.18 Å². The van der Waals surface area contributed by atoms with E-state index in [0.29, 0.717) is 5.39 Å². The lowest BCUT2D eigenvalue weighted by Crippen LogP contribution is -2.09. The van der Waals surface area contributed by atoms with E-state index in [1.54, 1.807) is 18.2 Å². The number of halogens is 1. The summed E-state index contributed by atoms with van der Waals surface area (Å²) in [7, 11) is -1.28. The van der Waals surface area contributed by atoms with Crippen molar-refractivity contribution >= 4 is 27.0 Å². The molecular formula is C12H12FNO3S. The van der Waals surface area contributed by atoms with Crippen molar-refractivity contribution in [1.29, 1.82) is 0 Å². The summed E-state index contributed by atoms with van der Waals surface area (Å²) in [4.78, 5) is 1.88. The lowest BCUT2D eigenvalue weighted by Gasteiger charge is -2.16. The maximum Gasteiger partial charge on any atom is 0.488 e. The molecule has 0 aliphatic carbocycles. The molecule has 96 valence electrons. The molecule has 0 aliphatic rings. The highest BCUT2D eigenvalue weighted by Gasteiger charge is 2.14. The highest BCUT2D eigenvalue weighted by atomic mass is 32.3. The van der Waals surface area contributed by atoms with E-state index in [1.165, 1.54) is 6.07 Å². The number of benzene rings is 2. The normalized spacial score (nSPS) is 11.5. The maximum absolute atomic E-state index is 12.6. The molecule has 0 N–H and O–H groups in total. The summed E-state index contributed by atoms with van der Waals surface area (Å²) in [6.07, 6.45) is 0. The minimum atomic E-state index is -5.02. The molecule has 2 aromatic rings. The van der Waals surface area contributed by atoms with E-state index in [0.717, 1.165) is 11.1 Å². The van der Waals surface area contributed by atoms with Crippen molar-refractivity contribution in [3.63, 3.8) is 0 Å². The Hall–Kier alpha value is -1.82. The van der Waals surface area contributed by atoms with Crippen molar-refractivity contribution < 1.29 is 16.5 Å². The standard InChI is InChI=1S/C12H12FNO3S/c1-14(2)11-7-8-12(17-18(13,15)16)10-6-4-3-5-9(10)11/h3-8H,1-2H3. The second-order valence-corrected chi connectivity index (χ2v) is 4.95. The number of rotatable bonds is 3. The first-order valence-corrected chi connectivity index (χ1v) is 6.52. The van der Waals surface area contributed by atoms with Crippen LogP contribution in [0.2, 0.25) is 0 Å². The fourth-order valence-corrected chi connectivity index (χ4v) is 2.19. The summed E-state index contributed by atoms with van der Waals surface area (Å²) >= 11 is 0. The zero-order valence-corrected chi connectivity index (χ0v) is 10.7. The van der Waals surface area contributed by atoms with Crippen LogP contribution < -0.4 is 9.08 Å². The summed E-state index contributed by atoms with van der Waals surface area (Å²) in [5.41, 5.74) is 0.897. The van der Waals surface area contributed by atoms with Crippen LogP contribution in [0.25, 0.3) is 10.8 Å². The van der Waals surface area contributed by atoms with E-state index in [9.17, 15) is 12.3 Å². The predicted octanol–water partition coefficient (Wildman–Crippen LogP) is 2.50. The minimum absolute atomic E-state index is 0.0151. The number of anilines is 1. The van der Waals surface area contributed by atoms with Gasteiger partial charge in [-0.2, -0.15) is 8.42 Å².